The topological polar surface area (TPSA) is 114 Å². The van der Waals surface area contributed by atoms with E-state index >= 15 is 0 Å². The number of rotatable bonds is 5. The highest BCUT2D eigenvalue weighted by molar-refractivity contribution is 6.46. The third-order valence-corrected chi connectivity index (χ3v) is 5.38. The first-order valence-corrected chi connectivity index (χ1v) is 9.92. The van der Waals surface area contributed by atoms with Crippen LogP contribution in [0.1, 0.15) is 22.7 Å². The zero-order chi connectivity index (χ0) is 22.8. The number of nitro groups is 1. The maximum absolute atomic E-state index is 13.0. The molecule has 1 unspecified atom stereocenters. The molecule has 4 rings (SSSR count). The predicted octanol–water partition coefficient (Wildman–Crippen LogP) is 4.27. The lowest BCUT2D eigenvalue weighted by Gasteiger charge is -2.25. The highest BCUT2D eigenvalue weighted by Gasteiger charge is 2.46. The minimum atomic E-state index is -1.02. The molecule has 8 nitrogen and oxygen atoms in total. The Morgan fingerprint density at radius 2 is 1.88 bits per heavy atom. The van der Waals surface area contributed by atoms with Gasteiger partial charge in [-0.15, -0.1) is 0 Å². The van der Waals surface area contributed by atoms with Crippen molar-refractivity contribution in [3.05, 3.63) is 110 Å². The van der Waals surface area contributed by atoms with Gasteiger partial charge in [0.1, 0.15) is 5.76 Å². The predicted molar refractivity (Wildman–Crippen MR) is 117 cm³/mol. The summed E-state index contributed by atoms with van der Waals surface area (Å²) in [6.07, 6.45) is 3.14. The summed E-state index contributed by atoms with van der Waals surface area (Å²) in [4.78, 5) is 42.0. The summed E-state index contributed by atoms with van der Waals surface area (Å²) in [5.74, 6) is -2.08. The fourth-order valence-corrected chi connectivity index (χ4v) is 3.78. The largest absolute Gasteiger partial charge is 0.507 e. The third kappa shape index (κ3) is 3.95. The van der Waals surface area contributed by atoms with Crippen LogP contribution in [0.25, 0.3) is 5.76 Å². The summed E-state index contributed by atoms with van der Waals surface area (Å²) in [7, 11) is 0. The molecule has 1 N–H and O–H groups in total. The van der Waals surface area contributed by atoms with Gasteiger partial charge < -0.3 is 10.0 Å². The van der Waals surface area contributed by atoms with E-state index in [4.69, 9.17) is 11.6 Å². The number of amides is 1. The number of Topliss-reactive ketones (excluding diaryl/α,β-unsaturated/α-hetero) is 1. The molecule has 0 aliphatic carbocycles. The smallest absolute Gasteiger partial charge is 0.295 e. The maximum Gasteiger partial charge on any atom is 0.295 e. The minimum absolute atomic E-state index is 0.0309. The third-order valence-electron chi connectivity index (χ3n) is 5.13. The number of aromatic nitrogens is 1. The van der Waals surface area contributed by atoms with E-state index in [-0.39, 0.29) is 23.6 Å². The summed E-state index contributed by atoms with van der Waals surface area (Å²) >= 11 is 5.92. The lowest BCUT2D eigenvalue weighted by atomic mass is 9.95. The van der Waals surface area contributed by atoms with E-state index in [9.17, 15) is 24.8 Å². The van der Waals surface area contributed by atoms with Crippen LogP contribution in [-0.4, -0.2) is 31.6 Å². The molecule has 1 atom stereocenters. The maximum atomic E-state index is 13.0. The lowest BCUT2D eigenvalue weighted by Crippen LogP contribution is -2.29. The zero-order valence-corrected chi connectivity index (χ0v) is 17.3. The van der Waals surface area contributed by atoms with Gasteiger partial charge in [0.05, 0.1) is 16.5 Å². The van der Waals surface area contributed by atoms with E-state index in [2.05, 4.69) is 4.98 Å². The van der Waals surface area contributed by atoms with Crippen LogP contribution >= 0.6 is 11.6 Å². The van der Waals surface area contributed by atoms with Crippen LogP contribution in [0, 0.1) is 10.1 Å². The number of carbonyl (C=O) groups excluding carboxylic acids is 2. The number of hydrogen-bond acceptors (Lipinski definition) is 6. The Labute approximate surface area is 187 Å². The van der Waals surface area contributed by atoms with E-state index < -0.39 is 22.7 Å². The van der Waals surface area contributed by atoms with Gasteiger partial charge in [0.15, 0.2) is 0 Å². The molecule has 0 saturated carbocycles. The summed E-state index contributed by atoms with van der Waals surface area (Å²) in [5.41, 5.74) is 0.945. The highest BCUT2D eigenvalue weighted by Crippen LogP contribution is 2.41. The Balaban J connectivity index is 1.89. The van der Waals surface area contributed by atoms with E-state index in [1.54, 1.807) is 42.7 Å². The van der Waals surface area contributed by atoms with Crippen LogP contribution in [0.3, 0.4) is 0 Å². The van der Waals surface area contributed by atoms with Gasteiger partial charge in [0, 0.05) is 41.7 Å². The van der Waals surface area contributed by atoms with Gasteiger partial charge in [-0.3, -0.25) is 24.7 Å². The second-order valence-electron chi connectivity index (χ2n) is 7.15. The summed E-state index contributed by atoms with van der Waals surface area (Å²) in [6, 6.07) is 14.2. The number of pyridine rings is 1. The number of benzene rings is 2. The van der Waals surface area contributed by atoms with Crippen molar-refractivity contribution in [2.24, 2.45) is 0 Å². The Morgan fingerprint density at radius 3 is 2.53 bits per heavy atom. The quantitative estimate of drug-likeness (QED) is 0.204. The van der Waals surface area contributed by atoms with Crippen molar-refractivity contribution in [3.63, 3.8) is 0 Å². The summed E-state index contributed by atoms with van der Waals surface area (Å²) in [5, 5.41) is 22.7. The number of nitrogens with zero attached hydrogens (tertiary/aromatic N) is 3. The second kappa shape index (κ2) is 8.60. The average molecular weight is 450 g/mol. The number of halogens is 1. The summed E-state index contributed by atoms with van der Waals surface area (Å²) < 4.78 is 0. The molecule has 9 heteroatoms. The van der Waals surface area contributed by atoms with Crippen LogP contribution in [0.4, 0.5) is 5.69 Å². The van der Waals surface area contributed by atoms with Gasteiger partial charge in [-0.05, 0) is 41.5 Å². The number of aliphatic hydroxyl groups is 1. The summed E-state index contributed by atoms with van der Waals surface area (Å²) in [6.45, 7) is 0.0309. The van der Waals surface area contributed by atoms with E-state index in [1.807, 2.05) is 0 Å². The van der Waals surface area contributed by atoms with Crippen LogP contribution < -0.4 is 0 Å². The first kappa shape index (κ1) is 21.2. The van der Waals surface area contributed by atoms with Crippen molar-refractivity contribution in [2.45, 2.75) is 12.6 Å². The van der Waals surface area contributed by atoms with E-state index in [1.165, 1.54) is 35.2 Å². The monoisotopic (exact) mass is 449 g/mol. The van der Waals surface area contributed by atoms with Crippen LogP contribution in [0.5, 0.6) is 0 Å². The first-order valence-electron chi connectivity index (χ1n) is 9.54. The number of carbonyl (C=O) groups is 2. The molecule has 2 heterocycles. The van der Waals surface area contributed by atoms with Gasteiger partial charge in [0.2, 0.25) is 0 Å². The number of aliphatic hydroxyl groups excluding tert-OH is 1. The minimum Gasteiger partial charge on any atom is -0.507 e. The fourth-order valence-electron chi connectivity index (χ4n) is 3.65. The normalized spacial score (nSPS) is 17.5. The molecule has 0 radical (unpaired) electrons. The highest BCUT2D eigenvalue weighted by atomic mass is 35.5. The molecule has 0 spiro atoms. The van der Waals surface area contributed by atoms with Gasteiger partial charge in [-0.2, -0.15) is 0 Å². The molecule has 1 saturated heterocycles. The SMILES string of the molecule is O=C1C(=O)N(Cc2cccnc2)C(c2cccc([N+](=O)[O-])c2)C1=C(O)c1ccc(Cl)cc1. The number of ketones is 1. The lowest BCUT2D eigenvalue weighted by molar-refractivity contribution is -0.384. The average Bonchev–Trinajstić information content (AvgIpc) is 3.05. The van der Waals surface area contributed by atoms with Crippen molar-refractivity contribution >= 4 is 34.7 Å². The molecule has 3 aromatic rings. The first-order chi connectivity index (χ1) is 15.4. The molecule has 1 aliphatic rings. The number of nitro benzene ring substituents is 1. The van der Waals surface area contributed by atoms with Crippen LogP contribution in [0.2, 0.25) is 5.02 Å². The van der Waals surface area contributed by atoms with Gasteiger partial charge in [-0.1, -0.05) is 29.8 Å². The van der Waals surface area contributed by atoms with Gasteiger partial charge in [0.25, 0.3) is 17.4 Å². The molecule has 1 amide bonds. The van der Waals surface area contributed by atoms with Crippen LogP contribution in [-0.2, 0) is 16.1 Å². The van der Waals surface area contributed by atoms with Crippen molar-refractivity contribution in [2.75, 3.05) is 0 Å². The molecule has 1 aromatic heterocycles. The molecular weight excluding hydrogens is 434 g/mol. The Hall–Kier alpha value is -4.04. The standard InChI is InChI=1S/C23H16ClN3O5/c24-17-8-6-15(7-9-17)21(28)19-20(16-4-1-5-18(11-16)27(31)32)26(23(30)22(19)29)13-14-3-2-10-25-12-14/h1-12,20,28H,13H2. The van der Waals surface area contributed by atoms with E-state index in [0.29, 0.717) is 21.7 Å². The number of non-ortho nitro benzene ring substituents is 1. The van der Waals surface area contributed by atoms with Gasteiger partial charge >= 0.3 is 0 Å². The molecule has 160 valence electrons. The van der Waals surface area contributed by atoms with Crippen molar-refractivity contribution in [3.8, 4) is 0 Å². The van der Waals surface area contributed by atoms with Crippen molar-refractivity contribution in [1.29, 1.82) is 0 Å². The molecule has 1 fully saturated rings. The molecule has 1 aliphatic heterocycles. The van der Waals surface area contributed by atoms with Gasteiger partial charge in [-0.25, -0.2) is 0 Å². The molecular formula is C23H16ClN3O5. The number of hydrogen-bond donors (Lipinski definition) is 1. The second-order valence-corrected chi connectivity index (χ2v) is 7.58. The molecule has 0 bridgehead atoms. The zero-order valence-electron chi connectivity index (χ0n) is 16.5. The van der Waals surface area contributed by atoms with E-state index in [0.717, 1.165) is 0 Å². The van der Waals surface area contributed by atoms with Crippen molar-refractivity contribution in [1.82, 2.24) is 9.88 Å². The fraction of sp³-hybridized carbons (Fsp3) is 0.0870. The number of likely N-dealkylation sites (tertiary alicyclic amines) is 1. The molecule has 2 aromatic carbocycles. The Kier molecular flexibility index (Phi) is 5.70. The van der Waals surface area contributed by atoms with Crippen molar-refractivity contribution < 1.29 is 19.6 Å². The Bertz CT molecular complexity index is 1240. The van der Waals surface area contributed by atoms with Crippen LogP contribution in [0.15, 0.2) is 78.6 Å². The Morgan fingerprint density at radius 1 is 1.12 bits per heavy atom. The molecule has 32 heavy (non-hydrogen) atoms.